The predicted octanol–water partition coefficient (Wildman–Crippen LogP) is -0.134. The number of methoxy groups -OCH3 is 1. The van der Waals surface area contributed by atoms with Gasteiger partial charge < -0.3 is 15.8 Å². The molecule has 0 aliphatic heterocycles. The molecular weight excluding hydrogens is 321 g/mol. The molecule has 0 atom stereocenters. The van der Waals surface area contributed by atoms with Crippen molar-refractivity contribution in [1.29, 1.82) is 0 Å². The molecule has 0 unspecified atom stereocenters. The van der Waals surface area contributed by atoms with Crippen molar-refractivity contribution >= 4 is 11.7 Å². The lowest BCUT2D eigenvalue weighted by Crippen LogP contribution is -2.31. The zero-order valence-electron chi connectivity index (χ0n) is 12.4. The fourth-order valence-electron chi connectivity index (χ4n) is 1.72. The van der Waals surface area contributed by atoms with Gasteiger partial charge in [0.25, 0.3) is 0 Å². The summed E-state index contributed by atoms with van der Waals surface area (Å²) in [5.41, 5.74) is 4.35. The van der Waals surface area contributed by atoms with Crippen molar-refractivity contribution in [2.45, 2.75) is 19.3 Å². The van der Waals surface area contributed by atoms with Crippen LogP contribution in [0.5, 0.6) is 0 Å². The molecule has 0 spiro atoms. The minimum absolute atomic E-state index is 0.121. The van der Waals surface area contributed by atoms with Gasteiger partial charge in [0.2, 0.25) is 5.91 Å². The largest absolute Gasteiger partial charge is 0.522 e. The Kier molecular flexibility index (Phi) is 6.97. The molecule has 0 saturated heterocycles. The molecule has 1 aromatic rings. The second kappa shape index (κ2) is 8.48. The van der Waals surface area contributed by atoms with Crippen molar-refractivity contribution in [2.24, 2.45) is 5.73 Å². The van der Waals surface area contributed by atoms with Gasteiger partial charge in [0.1, 0.15) is 5.82 Å². The Hall–Kier alpha value is -2.14. The molecule has 1 heterocycles. The van der Waals surface area contributed by atoms with E-state index < -0.39 is 24.6 Å². The molecule has 8 nitrogen and oxygen atoms in total. The van der Waals surface area contributed by atoms with Crippen LogP contribution in [0.15, 0.2) is 10.9 Å². The van der Waals surface area contributed by atoms with Crippen LogP contribution in [-0.2, 0) is 27.2 Å². The van der Waals surface area contributed by atoms with Crippen LogP contribution in [0.1, 0.15) is 5.69 Å². The number of nitrogens with one attached hydrogen (secondary N) is 1. The van der Waals surface area contributed by atoms with Crippen LogP contribution in [0.25, 0.3) is 0 Å². The highest BCUT2D eigenvalue weighted by Crippen LogP contribution is 2.16. The van der Waals surface area contributed by atoms with Crippen LogP contribution < -0.4 is 16.7 Å². The molecular formula is C12H17F3N4O4. The Bertz CT molecular complexity index is 589. The summed E-state index contributed by atoms with van der Waals surface area (Å²) < 4.78 is 45.5. The van der Waals surface area contributed by atoms with Crippen molar-refractivity contribution in [3.8, 4) is 0 Å². The summed E-state index contributed by atoms with van der Waals surface area (Å²) in [5.74, 6) is -0.484. The summed E-state index contributed by atoms with van der Waals surface area (Å²) in [6.07, 6.45) is -5.04. The van der Waals surface area contributed by atoms with Crippen LogP contribution in [0, 0.1) is 0 Å². The average molecular weight is 338 g/mol. The van der Waals surface area contributed by atoms with Gasteiger partial charge in [-0.1, -0.05) is 0 Å². The number of nitrogens with zero attached hydrogens (tertiary/aromatic N) is 2. The topological polar surface area (TPSA) is 108 Å². The van der Waals surface area contributed by atoms with E-state index in [4.69, 9.17) is 10.5 Å². The first-order valence-corrected chi connectivity index (χ1v) is 6.55. The average Bonchev–Trinajstić information content (AvgIpc) is 2.40. The molecule has 1 aromatic heterocycles. The van der Waals surface area contributed by atoms with Crippen molar-refractivity contribution in [1.82, 2.24) is 9.55 Å². The molecule has 0 aliphatic rings. The number of alkyl halides is 3. The summed E-state index contributed by atoms with van der Waals surface area (Å²) in [6.45, 7) is -0.506. The number of hydrogen-bond acceptors (Lipinski definition) is 6. The zero-order chi connectivity index (χ0) is 17.5. The Morgan fingerprint density at radius 1 is 1.43 bits per heavy atom. The highest BCUT2D eigenvalue weighted by molar-refractivity contribution is 5.76. The minimum atomic E-state index is -4.79. The highest BCUT2D eigenvalue weighted by Gasteiger charge is 2.28. The number of rotatable bonds is 9. The summed E-state index contributed by atoms with van der Waals surface area (Å²) in [4.78, 5) is 26.4. The number of carbonyl (C=O) groups excluding carboxylic acids is 1. The third-order valence-corrected chi connectivity index (χ3v) is 2.61. The summed E-state index contributed by atoms with van der Waals surface area (Å²) in [7, 11) is 1.47. The van der Waals surface area contributed by atoms with Gasteiger partial charge in [-0.25, -0.2) is 4.79 Å². The quantitative estimate of drug-likeness (QED) is 0.607. The molecule has 0 radical (unpaired) electrons. The molecule has 23 heavy (non-hydrogen) atoms. The Balaban J connectivity index is 2.95. The maximum atomic E-state index is 12.0. The monoisotopic (exact) mass is 338 g/mol. The maximum Gasteiger partial charge on any atom is 0.522 e. The molecule has 0 saturated carbocycles. The fourth-order valence-corrected chi connectivity index (χ4v) is 1.72. The summed E-state index contributed by atoms with van der Waals surface area (Å²) >= 11 is 0. The molecule has 0 fully saturated rings. The Labute approximate surface area is 129 Å². The number of hydrogen-bond donors (Lipinski definition) is 2. The molecule has 0 aliphatic carbocycles. The van der Waals surface area contributed by atoms with E-state index in [1.807, 2.05) is 0 Å². The van der Waals surface area contributed by atoms with E-state index >= 15 is 0 Å². The molecule has 0 bridgehead atoms. The van der Waals surface area contributed by atoms with Gasteiger partial charge >= 0.3 is 12.1 Å². The van der Waals surface area contributed by atoms with Crippen LogP contribution in [0.4, 0.5) is 19.0 Å². The lowest BCUT2D eigenvalue weighted by Gasteiger charge is -2.15. The van der Waals surface area contributed by atoms with E-state index in [2.05, 4.69) is 15.0 Å². The van der Waals surface area contributed by atoms with E-state index in [0.29, 0.717) is 13.2 Å². The Morgan fingerprint density at radius 3 is 2.70 bits per heavy atom. The number of nitrogens with two attached hydrogens (primary N) is 1. The first-order valence-electron chi connectivity index (χ1n) is 6.55. The van der Waals surface area contributed by atoms with Crippen LogP contribution in [0.3, 0.4) is 0 Å². The van der Waals surface area contributed by atoms with Crippen molar-refractivity contribution in [2.75, 3.05) is 32.2 Å². The van der Waals surface area contributed by atoms with Gasteiger partial charge in [-0.15, -0.1) is 13.2 Å². The van der Waals surface area contributed by atoms with Crippen LogP contribution in [-0.4, -0.2) is 48.7 Å². The van der Waals surface area contributed by atoms with Crippen molar-refractivity contribution < 1.29 is 27.4 Å². The minimum Gasteiger partial charge on any atom is -0.383 e. The van der Waals surface area contributed by atoms with E-state index in [1.54, 1.807) is 0 Å². The van der Waals surface area contributed by atoms with E-state index in [9.17, 15) is 22.8 Å². The number of aromatic nitrogens is 2. The number of ether oxygens (including phenoxy) is 2. The first kappa shape index (κ1) is 18.9. The number of carbonyl (C=O) groups is 1. The second-order valence-electron chi connectivity index (χ2n) is 4.42. The third kappa shape index (κ3) is 7.10. The van der Waals surface area contributed by atoms with E-state index in [0.717, 1.165) is 4.57 Å². The van der Waals surface area contributed by atoms with Gasteiger partial charge in [-0.2, -0.15) is 4.98 Å². The molecule has 0 aromatic carbocycles. The smallest absolute Gasteiger partial charge is 0.383 e. The summed E-state index contributed by atoms with van der Waals surface area (Å²) in [6, 6.07) is 1.37. The zero-order valence-corrected chi connectivity index (χ0v) is 12.4. The lowest BCUT2D eigenvalue weighted by atomic mass is 10.3. The standard InChI is InChI=1S/C12H17F3N4O4/c1-22-4-2-17-10-7-8(6-9(16)20)18-11(21)19(10)3-5-23-12(13,14)15/h7,17H,2-6H2,1H3,(H2,16,20). The normalized spacial score (nSPS) is 11.5. The van der Waals surface area contributed by atoms with Crippen molar-refractivity contribution in [3.05, 3.63) is 22.2 Å². The van der Waals surface area contributed by atoms with Crippen molar-refractivity contribution in [3.63, 3.8) is 0 Å². The molecule has 1 amide bonds. The lowest BCUT2D eigenvalue weighted by molar-refractivity contribution is -0.325. The highest BCUT2D eigenvalue weighted by atomic mass is 19.4. The number of halogens is 3. The Morgan fingerprint density at radius 2 is 2.13 bits per heavy atom. The summed E-state index contributed by atoms with van der Waals surface area (Å²) in [5, 5.41) is 2.83. The number of amides is 1. The van der Waals surface area contributed by atoms with E-state index in [1.165, 1.54) is 13.2 Å². The molecule has 3 N–H and O–H groups in total. The predicted molar refractivity (Wildman–Crippen MR) is 73.8 cm³/mol. The second-order valence-corrected chi connectivity index (χ2v) is 4.42. The van der Waals surface area contributed by atoms with Crippen LogP contribution >= 0.6 is 0 Å². The third-order valence-electron chi connectivity index (χ3n) is 2.61. The first-order chi connectivity index (χ1) is 10.7. The van der Waals surface area contributed by atoms with Gasteiger partial charge in [0.15, 0.2) is 0 Å². The fraction of sp³-hybridized carbons (Fsp3) is 0.583. The van der Waals surface area contributed by atoms with Gasteiger partial charge in [-0.3, -0.25) is 14.1 Å². The van der Waals surface area contributed by atoms with Gasteiger partial charge in [-0.05, 0) is 0 Å². The van der Waals surface area contributed by atoms with Gasteiger partial charge in [0, 0.05) is 19.7 Å². The maximum absolute atomic E-state index is 12.0. The van der Waals surface area contributed by atoms with E-state index in [-0.39, 0.29) is 24.5 Å². The van der Waals surface area contributed by atoms with Gasteiger partial charge in [0.05, 0.1) is 31.9 Å². The number of anilines is 1. The molecule has 1 rings (SSSR count). The molecule has 11 heteroatoms. The number of primary amides is 1. The van der Waals surface area contributed by atoms with Crippen LogP contribution in [0.2, 0.25) is 0 Å². The SMILES string of the molecule is COCCNc1cc(CC(N)=O)nc(=O)n1CCOC(F)(F)F. The molecule has 130 valence electrons.